The van der Waals surface area contributed by atoms with Crippen LogP contribution in [0.5, 0.6) is 5.75 Å². The monoisotopic (exact) mass is 335 g/mol. The van der Waals surface area contributed by atoms with Crippen molar-refractivity contribution in [3.05, 3.63) is 57.1 Å². The van der Waals surface area contributed by atoms with Gasteiger partial charge < -0.3 is 15.2 Å². The minimum Gasteiger partial charge on any atom is -0.505 e. The predicted molar refractivity (Wildman–Crippen MR) is 79.1 cm³/mol. The van der Waals surface area contributed by atoms with Gasteiger partial charge in [0.05, 0.1) is 5.56 Å². The normalized spacial score (nSPS) is 11.1. The van der Waals surface area contributed by atoms with Gasteiger partial charge in [0.2, 0.25) is 5.82 Å². The van der Waals surface area contributed by atoms with E-state index in [1.54, 1.807) is 0 Å². The van der Waals surface area contributed by atoms with Crippen LogP contribution in [0.1, 0.15) is 21.7 Å². The standard InChI is InChI=1S/C15H11F2N3O4/c1-20-13-10(18-12(19-13)15(23)24)11(21)7(14(20)22)4-6-2-3-8(16)9(17)5-6/h2-3,5,21H,4H2,1H3,(H,18,19)(H,23,24). The first-order valence-electron chi connectivity index (χ1n) is 6.77. The third-order valence-electron chi connectivity index (χ3n) is 3.66. The molecule has 0 bridgehead atoms. The van der Waals surface area contributed by atoms with Gasteiger partial charge in [-0.05, 0) is 17.7 Å². The molecule has 0 spiro atoms. The van der Waals surface area contributed by atoms with Crippen LogP contribution in [0.15, 0.2) is 23.0 Å². The highest BCUT2D eigenvalue weighted by atomic mass is 19.2. The molecule has 3 rings (SSSR count). The SMILES string of the molecule is Cn1c(=O)c(Cc2ccc(F)c(F)c2)c(O)c2[nH]c(C(=O)O)nc21. The summed E-state index contributed by atoms with van der Waals surface area (Å²) in [6, 6.07) is 3.13. The van der Waals surface area contributed by atoms with E-state index in [9.17, 15) is 23.5 Å². The number of rotatable bonds is 3. The number of halogens is 2. The molecular formula is C15H11F2N3O4. The second kappa shape index (κ2) is 5.44. The Labute approximate surface area is 132 Å². The fourth-order valence-corrected chi connectivity index (χ4v) is 2.44. The van der Waals surface area contributed by atoms with E-state index in [4.69, 9.17) is 5.11 Å². The number of aromatic nitrogens is 3. The van der Waals surface area contributed by atoms with E-state index < -0.39 is 34.7 Å². The topological polar surface area (TPSA) is 108 Å². The van der Waals surface area contributed by atoms with Crippen molar-refractivity contribution in [2.75, 3.05) is 0 Å². The molecule has 0 aliphatic heterocycles. The summed E-state index contributed by atoms with van der Waals surface area (Å²) in [5.74, 6) is -4.34. The Bertz CT molecular complexity index is 1040. The van der Waals surface area contributed by atoms with E-state index in [0.29, 0.717) is 0 Å². The number of hydrogen-bond donors (Lipinski definition) is 3. The molecule has 1 aromatic carbocycles. The third kappa shape index (κ3) is 2.39. The van der Waals surface area contributed by atoms with Crippen molar-refractivity contribution in [2.24, 2.45) is 7.05 Å². The van der Waals surface area contributed by atoms with Crippen molar-refractivity contribution < 1.29 is 23.8 Å². The summed E-state index contributed by atoms with van der Waals surface area (Å²) in [5.41, 5.74) is -0.473. The van der Waals surface area contributed by atoms with Gasteiger partial charge in [0.15, 0.2) is 23.0 Å². The van der Waals surface area contributed by atoms with Crippen LogP contribution >= 0.6 is 0 Å². The highest BCUT2D eigenvalue weighted by Gasteiger charge is 2.20. The summed E-state index contributed by atoms with van der Waals surface area (Å²) < 4.78 is 27.4. The lowest BCUT2D eigenvalue weighted by atomic mass is 10.0. The summed E-state index contributed by atoms with van der Waals surface area (Å²) in [4.78, 5) is 29.5. The second-order valence-electron chi connectivity index (χ2n) is 5.21. The Morgan fingerprint density at radius 2 is 2.04 bits per heavy atom. The number of fused-ring (bicyclic) bond motifs is 1. The van der Waals surface area contributed by atoms with Crippen molar-refractivity contribution in [1.29, 1.82) is 0 Å². The molecule has 0 saturated carbocycles. The van der Waals surface area contributed by atoms with Crippen LogP contribution in [0.25, 0.3) is 11.2 Å². The van der Waals surface area contributed by atoms with Crippen LogP contribution in [0.4, 0.5) is 8.78 Å². The Morgan fingerprint density at radius 3 is 2.67 bits per heavy atom. The first-order valence-corrected chi connectivity index (χ1v) is 6.77. The van der Waals surface area contributed by atoms with Gasteiger partial charge in [-0.15, -0.1) is 0 Å². The number of hydrogen-bond acceptors (Lipinski definition) is 4. The van der Waals surface area contributed by atoms with Gasteiger partial charge >= 0.3 is 5.97 Å². The molecule has 0 aliphatic rings. The number of imidazole rings is 1. The molecular weight excluding hydrogens is 324 g/mol. The van der Waals surface area contributed by atoms with Gasteiger partial charge in [-0.2, -0.15) is 0 Å². The molecule has 0 fully saturated rings. The Morgan fingerprint density at radius 1 is 1.33 bits per heavy atom. The zero-order valence-corrected chi connectivity index (χ0v) is 12.3. The van der Waals surface area contributed by atoms with Crippen molar-refractivity contribution >= 4 is 17.1 Å². The summed E-state index contributed by atoms with van der Waals surface area (Å²) >= 11 is 0. The van der Waals surface area contributed by atoms with Crippen molar-refractivity contribution in [3.8, 4) is 5.75 Å². The van der Waals surface area contributed by atoms with Gasteiger partial charge in [0.25, 0.3) is 5.56 Å². The number of carboxylic acids is 1. The average Bonchev–Trinajstić information content (AvgIpc) is 2.99. The molecule has 0 amide bonds. The van der Waals surface area contributed by atoms with Crippen molar-refractivity contribution in [1.82, 2.24) is 14.5 Å². The lowest BCUT2D eigenvalue weighted by molar-refractivity contribution is 0.0685. The lowest BCUT2D eigenvalue weighted by Crippen LogP contribution is -2.22. The van der Waals surface area contributed by atoms with Gasteiger partial charge in [0, 0.05) is 13.5 Å². The number of carboxylic acid groups (broad SMARTS) is 1. The average molecular weight is 335 g/mol. The third-order valence-corrected chi connectivity index (χ3v) is 3.66. The van der Waals surface area contributed by atoms with Crippen LogP contribution in [0.2, 0.25) is 0 Å². The minimum atomic E-state index is -1.35. The number of pyridine rings is 1. The predicted octanol–water partition coefficient (Wildman–Crippen LogP) is 1.53. The lowest BCUT2D eigenvalue weighted by Gasteiger charge is -2.08. The number of aromatic amines is 1. The zero-order valence-electron chi connectivity index (χ0n) is 12.3. The maximum absolute atomic E-state index is 13.3. The highest BCUT2D eigenvalue weighted by molar-refractivity contribution is 5.90. The molecule has 0 aliphatic carbocycles. The maximum Gasteiger partial charge on any atom is 0.371 e. The number of aryl methyl sites for hydroxylation is 1. The summed E-state index contributed by atoms with van der Waals surface area (Å²) in [5, 5.41) is 19.2. The number of H-pyrrole nitrogens is 1. The van der Waals surface area contributed by atoms with E-state index in [1.807, 2.05) is 0 Å². The van der Waals surface area contributed by atoms with Gasteiger partial charge in [-0.3, -0.25) is 9.36 Å². The first-order chi connectivity index (χ1) is 11.3. The van der Waals surface area contributed by atoms with Crippen LogP contribution in [-0.4, -0.2) is 30.7 Å². The molecule has 0 saturated heterocycles. The smallest absolute Gasteiger partial charge is 0.371 e. The molecule has 9 heteroatoms. The van der Waals surface area contributed by atoms with Gasteiger partial charge in [0.1, 0.15) is 5.52 Å². The fraction of sp³-hybridized carbons (Fsp3) is 0.133. The number of aromatic hydroxyl groups is 1. The van der Waals surface area contributed by atoms with Crippen molar-refractivity contribution in [2.45, 2.75) is 6.42 Å². The number of nitrogens with zero attached hydrogens (tertiary/aromatic N) is 2. The van der Waals surface area contributed by atoms with Gasteiger partial charge in [-0.25, -0.2) is 18.6 Å². The zero-order chi connectivity index (χ0) is 17.6. The largest absolute Gasteiger partial charge is 0.505 e. The summed E-state index contributed by atoms with van der Waals surface area (Å²) in [7, 11) is 1.37. The Hall–Kier alpha value is -3.23. The molecule has 0 unspecified atom stereocenters. The van der Waals surface area contributed by atoms with E-state index in [2.05, 4.69) is 9.97 Å². The van der Waals surface area contributed by atoms with Crippen LogP contribution in [0, 0.1) is 11.6 Å². The molecule has 2 aromatic heterocycles. The molecule has 2 heterocycles. The molecule has 0 radical (unpaired) electrons. The quantitative estimate of drug-likeness (QED) is 0.673. The number of nitrogens with one attached hydrogen (secondary N) is 1. The fourth-order valence-electron chi connectivity index (χ4n) is 2.44. The van der Waals surface area contributed by atoms with Crippen LogP contribution < -0.4 is 5.56 Å². The van der Waals surface area contributed by atoms with E-state index in [-0.39, 0.29) is 28.7 Å². The first kappa shape index (κ1) is 15.7. The molecule has 0 atom stereocenters. The van der Waals surface area contributed by atoms with E-state index in [1.165, 1.54) is 13.1 Å². The van der Waals surface area contributed by atoms with Crippen LogP contribution in [0.3, 0.4) is 0 Å². The van der Waals surface area contributed by atoms with Crippen molar-refractivity contribution in [3.63, 3.8) is 0 Å². The highest BCUT2D eigenvalue weighted by Crippen LogP contribution is 2.26. The number of benzene rings is 1. The molecule has 24 heavy (non-hydrogen) atoms. The molecule has 124 valence electrons. The Kier molecular flexibility index (Phi) is 3.55. The maximum atomic E-state index is 13.3. The molecule has 7 nitrogen and oxygen atoms in total. The second-order valence-corrected chi connectivity index (χ2v) is 5.21. The number of carbonyl (C=O) groups is 1. The minimum absolute atomic E-state index is 0.0212. The summed E-state index contributed by atoms with van der Waals surface area (Å²) in [6.45, 7) is 0. The van der Waals surface area contributed by atoms with Crippen LogP contribution in [-0.2, 0) is 13.5 Å². The van der Waals surface area contributed by atoms with E-state index >= 15 is 0 Å². The molecule has 3 aromatic rings. The number of aromatic carboxylic acids is 1. The van der Waals surface area contributed by atoms with Gasteiger partial charge in [-0.1, -0.05) is 6.07 Å². The summed E-state index contributed by atoms with van der Waals surface area (Å²) in [6.07, 6.45) is -0.160. The molecule has 3 N–H and O–H groups in total. The Balaban J connectivity index is 2.19. The van der Waals surface area contributed by atoms with E-state index in [0.717, 1.165) is 16.7 Å².